The monoisotopic (exact) mass is 325 g/mol. The lowest BCUT2D eigenvalue weighted by Crippen LogP contribution is -2.38. The van der Waals surface area contributed by atoms with Crippen molar-refractivity contribution in [3.63, 3.8) is 0 Å². The molecule has 5 nitrogen and oxygen atoms in total. The molecule has 0 radical (unpaired) electrons. The second-order valence-corrected chi connectivity index (χ2v) is 6.48. The number of aryl methyl sites for hydroxylation is 2. The summed E-state index contributed by atoms with van der Waals surface area (Å²) in [5.41, 5.74) is 1.41. The summed E-state index contributed by atoms with van der Waals surface area (Å²) in [6.45, 7) is 5.22. The first-order valence-electron chi connectivity index (χ1n) is 8.44. The number of rotatable bonds is 6. The predicted octanol–water partition coefficient (Wildman–Crippen LogP) is 2.69. The Bertz CT molecular complexity index is 722. The lowest BCUT2D eigenvalue weighted by molar-refractivity contribution is -0.140. The highest BCUT2D eigenvalue weighted by atomic mass is 16.2. The van der Waals surface area contributed by atoms with Gasteiger partial charge in [-0.05, 0) is 25.3 Å². The van der Waals surface area contributed by atoms with Gasteiger partial charge in [0.2, 0.25) is 11.8 Å². The quantitative estimate of drug-likeness (QED) is 0.767. The Kier molecular flexibility index (Phi) is 4.51. The number of amides is 2. The smallest absolute Gasteiger partial charge is 0.240 e. The van der Waals surface area contributed by atoms with Crippen LogP contribution >= 0.6 is 0 Å². The number of benzene rings is 1. The Hall–Kier alpha value is -2.43. The number of hydrogen-bond acceptors (Lipinski definition) is 3. The lowest BCUT2D eigenvalue weighted by atomic mass is 9.76. The fourth-order valence-corrected chi connectivity index (χ4v) is 3.44. The first-order valence-corrected chi connectivity index (χ1v) is 8.44. The summed E-state index contributed by atoms with van der Waals surface area (Å²) in [4.78, 5) is 31.0. The number of carbonyl (C=O) groups excluding carboxylic acids is 2. The Morgan fingerprint density at radius 3 is 2.54 bits per heavy atom. The Labute approximate surface area is 142 Å². The second-order valence-electron chi connectivity index (χ2n) is 6.48. The van der Waals surface area contributed by atoms with E-state index in [0.29, 0.717) is 13.0 Å². The molecule has 1 aromatic carbocycles. The van der Waals surface area contributed by atoms with Gasteiger partial charge in [0.25, 0.3) is 0 Å². The van der Waals surface area contributed by atoms with E-state index >= 15 is 0 Å². The van der Waals surface area contributed by atoms with E-state index in [1.807, 2.05) is 48.9 Å². The zero-order valence-corrected chi connectivity index (χ0v) is 14.2. The molecule has 0 aliphatic carbocycles. The summed E-state index contributed by atoms with van der Waals surface area (Å²) >= 11 is 0. The second kappa shape index (κ2) is 6.59. The summed E-state index contributed by atoms with van der Waals surface area (Å²) in [5.74, 6) is -0.113. The molecule has 2 amide bonds. The van der Waals surface area contributed by atoms with E-state index in [4.69, 9.17) is 0 Å². The van der Waals surface area contributed by atoms with Crippen molar-refractivity contribution in [1.82, 2.24) is 14.5 Å². The molecule has 1 aromatic heterocycles. The number of imide groups is 1. The van der Waals surface area contributed by atoms with Crippen molar-refractivity contribution in [2.24, 2.45) is 0 Å². The van der Waals surface area contributed by atoms with Crippen LogP contribution in [-0.2, 0) is 21.5 Å². The topological polar surface area (TPSA) is 55.2 Å². The molecule has 1 saturated heterocycles. The SMILES string of the molecule is CC[C@]1(c2ccc(C)cc2)CC(=O)N(CCCn2ccnc2)C1=O. The summed E-state index contributed by atoms with van der Waals surface area (Å²) in [6.07, 6.45) is 7.01. The summed E-state index contributed by atoms with van der Waals surface area (Å²) < 4.78 is 1.96. The minimum atomic E-state index is -0.695. The highest BCUT2D eigenvalue weighted by Gasteiger charge is 2.51. The molecular weight excluding hydrogens is 302 g/mol. The van der Waals surface area contributed by atoms with Gasteiger partial charge in [-0.3, -0.25) is 14.5 Å². The van der Waals surface area contributed by atoms with Crippen LogP contribution in [0.5, 0.6) is 0 Å². The maximum absolute atomic E-state index is 13.0. The molecule has 2 aromatic rings. The summed E-state index contributed by atoms with van der Waals surface area (Å²) in [5, 5.41) is 0. The maximum Gasteiger partial charge on any atom is 0.240 e. The van der Waals surface area contributed by atoms with E-state index in [1.165, 1.54) is 4.90 Å². The molecule has 1 fully saturated rings. The fourth-order valence-electron chi connectivity index (χ4n) is 3.44. The van der Waals surface area contributed by atoms with Gasteiger partial charge < -0.3 is 4.57 Å². The molecule has 0 N–H and O–H groups in total. The van der Waals surface area contributed by atoms with Crippen molar-refractivity contribution in [3.8, 4) is 0 Å². The molecule has 126 valence electrons. The fraction of sp³-hybridized carbons (Fsp3) is 0.421. The molecule has 2 heterocycles. The van der Waals surface area contributed by atoms with Crippen molar-refractivity contribution >= 4 is 11.8 Å². The van der Waals surface area contributed by atoms with Crippen LogP contribution in [0.15, 0.2) is 43.0 Å². The minimum Gasteiger partial charge on any atom is -0.337 e. The number of hydrogen-bond donors (Lipinski definition) is 0. The maximum atomic E-state index is 13.0. The third-order valence-corrected chi connectivity index (χ3v) is 4.97. The van der Waals surface area contributed by atoms with Gasteiger partial charge in [-0.15, -0.1) is 0 Å². The highest BCUT2D eigenvalue weighted by Crippen LogP contribution is 2.39. The van der Waals surface area contributed by atoms with Crippen molar-refractivity contribution < 1.29 is 9.59 Å². The van der Waals surface area contributed by atoms with Gasteiger partial charge in [-0.1, -0.05) is 36.8 Å². The van der Waals surface area contributed by atoms with E-state index < -0.39 is 5.41 Å². The van der Waals surface area contributed by atoms with Crippen molar-refractivity contribution in [3.05, 3.63) is 54.1 Å². The van der Waals surface area contributed by atoms with Gasteiger partial charge in [0.15, 0.2) is 0 Å². The van der Waals surface area contributed by atoms with E-state index in [-0.39, 0.29) is 18.2 Å². The van der Waals surface area contributed by atoms with E-state index in [9.17, 15) is 9.59 Å². The van der Waals surface area contributed by atoms with E-state index in [0.717, 1.165) is 24.1 Å². The van der Waals surface area contributed by atoms with Crippen LogP contribution in [0.1, 0.15) is 37.3 Å². The van der Waals surface area contributed by atoms with E-state index in [1.54, 1.807) is 12.5 Å². The summed E-state index contributed by atoms with van der Waals surface area (Å²) in [6, 6.07) is 7.98. The van der Waals surface area contributed by atoms with Crippen LogP contribution in [-0.4, -0.2) is 32.8 Å². The molecule has 1 aliphatic rings. The third kappa shape index (κ3) is 2.86. The first-order chi connectivity index (χ1) is 11.6. The van der Waals surface area contributed by atoms with Crippen LogP contribution in [0.25, 0.3) is 0 Å². The molecule has 0 unspecified atom stereocenters. The minimum absolute atomic E-state index is 0.0514. The number of imidazole rings is 1. The first kappa shape index (κ1) is 16.4. The molecule has 0 saturated carbocycles. The zero-order valence-electron chi connectivity index (χ0n) is 14.2. The van der Waals surface area contributed by atoms with Crippen molar-refractivity contribution in [2.45, 2.75) is 45.1 Å². The van der Waals surface area contributed by atoms with Crippen LogP contribution in [0.3, 0.4) is 0 Å². The van der Waals surface area contributed by atoms with Gasteiger partial charge in [-0.2, -0.15) is 0 Å². The molecule has 1 atom stereocenters. The lowest BCUT2D eigenvalue weighted by Gasteiger charge is -2.26. The van der Waals surface area contributed by atoms with E-state index in [2.05, 4.69) is 4.98 Å². The largest absolute Gasteiger partial charge is 0.337 e. The molecule has 5 heteroatoms. The Morgan fingerprint density at radius 2 is 1.92 bits per heavy atom. The normalized spacial score (nSPS) is 20.8. The molecule has 1 aliphatic heterocycles. The standard InChI is InChI=1S/C19H23N3O2/c1-3-19(16-7-5-15(2)6-8-16)13-17(23)22(18(19)24)11-4-10-21-12-9-20-14-21/h5-9,12,14H,3-4,10-11,13H2,1-2H3/t19-/m1/s1. The average molecular weight is 325 g/mol. The van der Waals surface area contributed by atoms with Crippen LogP contribution in [0.4, 0.5) is 0 Å². The van der Waals surface area contributed by atoms with Crippen molar-refractivity contribution in [1.29, 1.82) is 0 Å². The molecule has 0 bridgehead atoms. The van der Waals surface area contributed by atoms with Crippen molar-refractivity contribution in [2.75, 3.05) is 6.54 Å². The third-order valence-electron chi connectivity index (χ3n) is 4.97. The molecule has 3 rings (SSSR count). The molecule has 0 spiro atoms. The van der Waals surface area contributed by atoms with Gasteiger partial charge in [0.1, 0.15) is 0 Å². The van der Waals surface area contributed by atoms with Gasteiger partial charge in [0.05, 0.1) is 11.7 Å². The summed E-state index contributed by atoms with van der Waals surface area (Å²) in [7, 11) is 0. The van der Waals surface area contributed by atoms with Crippen LogP contribution < -0.4 is 0 Å². The average Bonchev–Trinajstić information content (AvgIpc) is 3.17. The zero-order chi connectivity index (χ0) is 17.2. The molecule has 24 heavy (non-hydrogen) atoms. The Balaban J connectivity index is 1.75. The number of carbonyl (C=O) groups is 2. The highest BCUT2D eigenvalue weighted by molar-refractivity contribution is 6.09. The van der Waals surface area contributed by atoms with Gasteiger partial charge in [-0.25, -0.2) is 4.98 Å². The van der Waals surface area contributed by atoms with Gasteiger partial charge >= 0.3 is 0 Å². The predicted molar refractivity (Wildman–Crippen MR) is 91.3 cm³/mol. The Morgan fingerprint density at radius 1 is 1.17 bits per heavy atom. The van der Waals surface area contributed by atoms with Gasteiger partial charge in [0, 0.05) is 31.9 Å². The van der Waals surface area contributed by atoms with Crippen LogP contribution in [0.2, 0.25) is 0 Å². The number of aromatic nitrogens is 2. The number of likely N-dealkylation sites (tertiary alicyclic amines) is 1. The molecular formula is C19H23N3O2. The number of nitrogens with zero attached hydrogens (tertiary/aromatic N) is 3. The van der Waals surface area contributed by atoms with Crippen LogP contribution in [0, 0.1) is 6.92 Å².